The van der Waals surface area contributed by atoms with Gasteiger partial charge in [-0.2, -0.15) is 0 Å². The summed E-state index contributed by atoms with van der Waals surface area (Å²) in [6.45, 7) is 4.60. The molecule has 17 heavy (non-hydrogen) atoms. The zero-order chi connectivity index (χ0) is 12.3. The van der Waals surface area contributed by atoms with Crippen molar-refractivity contribution in [1.82, 2.24) is 5.32 Å². The summed E-state index contributed by atoms with van der Waals surface area (Å²) in [5, 5.41) is 3.33. The maximum absolute atomic E-state index is 12.1. The van der Waals surface area contributed by atoms with Crippen molar-refractivity contribution in [3.63, 3.8) is 0 Å². The number of hydrogen-bond acceptors (Lipinski definition) is 2. The van der Waals surface area contributed by atoms with E-state index in [-0.39, 0.29) is 5.91 Å². The van der Waals surface area contributed by atoms with Crippen LogP contribution in [0.1, 0.15) is 18.4 Å². The Morgan fingerprint density at radius 1 is 1.35 bits per heavy atom. The summed E-state index contributed by atoms with van der Waals surface area (Å²) in [5.74, 6) is 0.230. The molecule has 0 unspecified atom stereocenters. The maximum Gasteiger partial charge on any atom is 0.227 e. The van der Waals surface area contributed by atoms with E-state index in [0.29, 0.717) is 6.42 Å². The molecule has 1 aromatic carbocycles. The lowest BCUT2D eigenvalue weighted by molar-refractivity contribution is -0.118. The number of aryl methyl sites for hydroxylation is 1. The molecule has 1 fully saturated rings. The van der Waals surface area contributed by atoms with Gasteiger partial charge in [-0.25, -0.2) is 0 Å². The molecule has 1 aliphatic heterocycles. The Balaban J connectivity index is 2.22. The Morgan fingerprint density at radius 2 is 2.18 bits per heavy atom. The minimum Gasteiger partial charge on any atom is -0.315 e. The van der Waals surface area contributed by atoms with Gasteiger partial charge in [0.2, 0.25) is 5.91 Å². The van der Waals surface area contributed by atoms with E-state index in [9.17, 15) is 4.79 Å². The van der Waals surface area contributed by atoms with Crippen LogP contribution in [-0.2, 0) is 4.79 Å². The number of halogens is 1. The Labute approximate surface area is 110 Å². The van der Waals surface area contributed by atoms with Crippen molar-refractivity contribution in [3.8, 4) is 0 Å². The van der Waals surface area contributed by atoms with Gasteiger partial charge >= 0.3 is 0 Å². The topological polar surface area (TPSA) is 32.3 Å². The van der Waals surface area contributed by atoms with Crippen LogP contribution < -0.4 is 10.2 Å². The molecule has 0 spiro atoms. The lowest BCUT2D eigenvalue weighted by Crippen LogP contribution is -2.39. The highest BCUT2D eigenvalue weighted by atomic mass is 79.9. The highest BCUT2D eigenvalue weighted by molar-refractivity contribution is 9.10. The predicted octanol–water partition coefficient (Wildman–Crippen LogP) is 2.47. The molecule has 1 N–H and O–H groups in total. The summed E-state index contributed by atoms with van der Waals surface area (Å²) >= 11 is 3.48. The van der Waals surface area contributed by atoms with Crippen LogP contribution in [0.15, 0.2) is 22.7 Å². The van der Waals surface area contributed by atoms with Crippen LogP contribution in [0.4, 0.5) is 5.69 Å². The smallest absolute Gasteiger partial charge is 0.227 e. The second-order valence-corrected chi connectivity index (χ2v) is 5.19. The van der Waals surface area contributed by atoms with Crippen molar-refractivity contribution >= 4 is 27.5 Å². The molecule has 0 atom stereocenters. The molecule has 4 heteroatoms. The molecule has 1 saturated heterocycles. The van der Waals surface area contributed by atoms with E-state index in [2.05, 4.69) is 27.3 Å². The number of rotatable bonds is 1. The molecule has 2 rings (SSSR count). The van der Waals surface area contributed by atoms with Gasteiger partial charge in [0.25, 0.3) is 0 Å². The average Bonchev–Trinajstić information content (AvgIpc) is 2.28. The Morgan fingerprint density at radius 3 is 2.94 bits per heavy atom. The molecule has 0 bridgehead atoms. The van der Waals surface area contributed by atoms with Gasteiger partial charge in [-0.05, 0) is 43.7 Å². The van der Waals surface area contributed by atoms with Crippen molar-refractivity contribution in [2.45, 2.75) is 19.8 Å². The highest BCUT2D eigenvalue weighted by Gasteiger charge is 2.17. The van der Waals surface area contributed by atoms with E-state index in [4.69, 9.17) is 0 Å². The largest absolute Gasteiger partial charge is 0.315 e. The Kier molecular flexibility index (Phi) is 4.18. The molecule has 1 aromatic rings. The zero-order valence-electron chi connectivity index (χ0n) is 10.0. The number of nitrogens with one attached hydrogen (secondary N) is 1. The summed E-state index contributed by atoms with van der Waals surface area (Å²) in [6.07, 6.45) is 1.55. The van der Waals surface area contributed by atoms with Crippen LogP contribution in [0, 0.1) is 6.92 Å². The van der Waals surface area contributed by atoms with Crippen molar-refractivity contribution in [2.75, 3.05) is 24.5 Å². The molecular formula is C13H17BrN2O. The van der Waals surface area contributed by atoms with Crippen molar-refractivity contribution < 1.29 is 4.79 Å². The first kappa shape index (κ1) is 12.6. The third kappa shape index (κ3) is 3.07. The van der Waals surface area contributed by atoms with Gasteiger partial charge in [0.15, 0.2) is 0 Å². The van der Waals surface area contributed by atoms with Crippen LogP contribution in [-0.4, -0.2) is 25.5 Å². The fraction of sp³-hybridized carbons (Fsp3) is 0.462. The maximum atomic E-state index is 12.1. The zero-order valence-corrected chi connectivity index (χ0v) is 11.6. The number of nitrogens with zero attached hydrogens (tertiary/aromatic N) is 1. The molecule has 0 aliphatic carbocycles. The van der Waals surface area contributed by atoms with Crippen LogP contribution in [0.3, 0.4) is 0 Å². The van der Waals surface area contributed by atoms with Gasteiger partial charge in [0.1, 0.15) is 0 Å². The molecule has 0 radical (unpaired) electrons. The van der Waals surface area contributed by atoms with E-state index in [1.807, 2.05) is 24.0 Å². The first-order chi connectivity index (χ1) is 8.18. The second-order valence-electron chi connectivity index (χ2n) is 4.33. The highest BCUT2D eigenvalue weighted by Crippen LogP contribution is 2.23. The molecule has 3 nitrogen and oxygen atoms in total. The monoisotopic (exact) mass is 296 g/mol. The fourth-order valence-electron chi connectivity index (χ4n) is 2.01. The van der Waals surface area contributed by atoms with Crippen molar-refractivity contribution in [2.24, 2.45) is 0 Å². The number of hydrogen-bond donors (Lipinski definition) is 1. The fourth-order valence-corrected chi connectivity index (χ4v) is 2.26. The first-order valence-corrected chi connectivity index (χ1v) is 6.75. The molecule has 0 aromatic heterocycles. The number of carbonyl (C=O) groups is 1. The first-order valence-electron chi connectivity index (χ1n) is 5.96. The molecule has 0 saturated carbocycles. The lowest BCUT2D eigenvalue weighted by atomic mass is 10.1. The van der Waals surface area contributed by atoms with Crippen molar-refractivity contribution in [3.05, 3.63) is 28.2 Å². The summed E-state index contributed by atoms with van der Waals surface area (Å²) in [7, 11) is 0. The normalized spacial score (nSPS) is 17.8. The molecule has 92 valence electrons. The van der Waals surface area contributed by atoms with Crippen LogP contribution in [0.5, 0.6) is 0 Å². The third-order valence-electron chi connectivity index (χ3n) is 3.01. The average molecular weight is 297 g/mol. The third-order valence-corrected chi connectivity index (χ3v) is 3.90. The molecule has 1 heterocycles. The quantitative estimate of drug-likeness (QED) is 0.863. The molecule has 1 amide bonds. The minimum absolute atomic E-state index is 0.230. The van der Waals surface area contributed by atoms with E-state index >= 15 is 0 Å². The lowest BCUT2D eigenvalue weighted by Gasteiger charge is -2.25. The van der Waals surface area contributed by atoms with Crippen molar-refractivity contribution in [1.29, 1.82) is 0 Å². The molecule has 1 aliphatic rings. The SMILES string of the molecule is Cc1cc(N2CCNCCCC2=O)ccc1Br. The predicted molar refractivity (Wildman–Crippen MR) is 73.3 cm³/mol. The van der Waals surface area contributed by atoms with E-state index < -0.39 is 0 Å². The van der Waals surface area contributed by atoms with Crippen LogP contribution >= 0.6 is 15.9 Å². The van der Waals surface area contributed by atoms with E-state index in [1.165, 1.54) is 0 Å². The van der Waals surface area contributed by atoms with E-state index in [0.717, 1.165) is 41.8 Å². The summed E-state index contributed by atoms with van der Waals surface area (Å²) in [4.78, 5) is 13.9. The van der Waals surface area contributed by atoms with Gasteiger partial charge in [-0.1, -0.05) is 15.9 Å². The van der Waals surface area contributed by atoms with Crippen LogP contribution in [0.2, 0.25) is 0 Å². The minimum atomic E-state index is 0.230. The summed E-state index contributed by atoms with van der Waals surface area (Å²) < 4.78 is 1.08. The van der Waals surface area contributed by atoms with Gasteiger partial charge in [-0.15, -0.1) is 0 Å². The number of carbonyl (C=O) groups excluding carboxylic acids is 1. The summed E-state index contributed by atoms with van der Waals surface area (Å²) in [6, 6.07) is 6.06. The molecular weight excluding hydrogens is 280 g/mol. The number of benzene rings is 1. The van der Waals surface area contributed by atoms with Gasteiger partial charge < -0.3 is 10.2 Å². The second kappa shape index (κ2) is 5.65. The number of anilines is 1. The van der Waals surface area contributed by atoms with Crippen LogP contribution in [0.25, 0.3) is 0 Å². The summed E-state index contributed by atoms with van der Waals surface area (Å²) in [5.41, 5.74) is 2.16. The number of amides is 1. The standard InChI is InChI=1S/C13H17BrN2O/c1-10-9-11(4-5-12(10)14)16-8-7-15-6-2-3-13(16)17/h4-5,9,15H,2-3,6-8H2,1H3. The Hall–Kier alpha value is -0.870. The van der Waals surface area contributed by atoms with Gasteiger partial charge in [0, 0.05) is 29.7 Å². The van der Waals surface area contributed by atoms with Gasteiger partial charge in [-0.3, -0.25) is 4.79 Å². The van der Waals surface area contributed by atoms with Gasteiger partial charge in [0.05, 0.1) is 0 Å². The Bertz CT molecular complexity index is 420. The van der Waals surface area contributed by atoms with E-state index in [1.54, 1.807) is 0 Å².